The Morgan fingerprint density at radius 1 is 1.50 bits per heavy atom. The third kappa shape index (κ3) is 3.50. The zero-order valence-electron chi connectivity index (χ0n) is 5.92. The van der Waals surface area contributed by atoms with Gasteiger partial charge in [-0.25, -0.2) is 0 Å². The number of hydrogen-bond acceptors (Lipinski definition) is 2. The fourth-order valence-electron chi connectivity index (χ4n) is 0.299. The Morgan fingerprint density at radius 2 is 2.10 bits per heavy atom. The number of nitriles is 1. The average molecular weight is 135 g/mol. The predicted molar refractivity (Wildman–Crippen MR) is 40.0 cm³/mol. The van der Waals surface area contributed by atoms with E-state index in [9.17, 15) is 0 Å². The van der Waals surface area contributed by atoms with Crippen molar-refractivity contribution in [3.63, 3.8) is 0 Å². The van der Waals surface area contributed by atoms with E-state index >= 15 is 0 Å². The second-order valence-electron chi connectivity index (χ2n) is 1.64. The molecule has 0 aromatic carbocycles. The van der Waals surface area contributed by atoms with Gasteiger partial charge in [0.2, 0.25) is 0 Å². The van der Waals surface area contributed by atoms with Crippen LogP contribution in [0.15, 0.2) is 36.6 Å². The number of hydrogen-bond donors (Lipinski definition) is 0. The lowest BCUT2D eigenvalue weighted by Gasteiger charge is -1.93. The summed E-state index contributed by atoms with van der Waals surface area (Å²) in [6.07, 6.45) is 3.14. The predicted octanol–water partition coefficient (Wildman–Crippen LogP) is 1.78. The standard InChI is InChI=1S/C8H9NO/c1-7(6-9)4-5-8(2)10-3/h4-5H,1-2H2,3H3/b5-4-. The number of methoxy groups -OCH3 is 1. The maximum absolute atomic E-state index is 8.25. The van der Waals surface area contributed by atoms with Crippen LogP contribution in [0.2, 0.25) is 0 Å². The quantitative estimate of drug-likeness (QED) is 0.335. The molecule has 0 fully saturated rings. The summed E-state index contributed by atoms with van der Waals surface area (Å²) in [6.45, 7) is 6.95. The maximum atomic E-state index is 8.25. The van der Waals surface area contributed by atoms with Crippen molar-refractivity contribution >= 4 is 0 Å². The zero-order valence-corrected chi connectivity index (χ0v) is 5.92. The van der Waals surface area contributed by atoms with Gasteiger partial charge in [-0.05, 0) is 12.2 Å². The van der Waals surface area contributed by atoms with Gasteiger partial charge in [-0.2, -0.15) is 5.26 Å². The van der Waals surface area contributed by atoms with Gasteiger partial charge in [0.05, 0.1) is 13.2 Å². The van der Waals surface area contributed by atoms with Gasteiger partial charge < -0.3 is 4.74 Å². The fourth-order valence-corrected chi connectivity index (χ4v) is 0.299. The molecule has 0 unspecified atom stereocenters. The van der Waals surface area contributed by atoms with Gasteiger partial charge in [0.25, 0.3) is 0 Å². The Labute approximate surface area is 60.7 Å². The molecule has 2 nitrogen and oxygen atoms in total. The summed E-state index contributed by atoms with van der Waals surface area (Å²) in [5.41, 5.74) is 0.387. The van der Waals surface area contributed by atoms with Crippen molar-refractivity contribution in [2.45, 2.75) is 0 Å². The van der Waals surface area contributed by atoms with E-state index in [1.807, 2.05) is 6.07 Å². The van der Waals surface area contributed by atoms with E-state index in [1.54, 1.807) is 12.2 Å². The highest BCUT2D eigenvalue weighted by Gasteiger charge is 1.83. The molecule has 0 heterocycles. The Morgan fingerprint density at radius 3 is 2.50 bits per heavy atom. The van der Waals surface area contributed by atoms with Crippen LogP contribution in [0.1, 0.15) is 0 Å². The minimum absolute atomic E-state index is 0.387. The molecule has 0 aromatic heterocycles. The van der Waals surface area contributed by atoms with Gasteiger partial charge in [0, 0.05) is 5.57 Å². The summed E-state index contributed by atoms with van der Waals surface area (Å²) >= 11 is 0. The third-order valence-corrected chi connectivity index (χ3v) is 0.876. The zero-order chi connectivity index (χ0) is 7.98. The molecule has 2 heteroatoms. The summed E-state index contributed by atoms with van der Waals surface area (Å²) in [5.74, 6) is 0.511. The molecule has 0 aliphatic rings. The first-order valence-electron chi connectivity index (χ1n) is 2.70. The van der Waals surface area contributed by atoms with Crippen LogP contribution >= 0.6 is 0 Å². The van der Waals surface area contributed by atoms with Crippen LogP contribution in [0.5, 0.6) is 0 Å². The highest BCUT2D eigenvalue weighted by atomic mass is 16.5. The summed E-state index contributed by atoms with van der Waals surface area (Å²) in [6, 6.07) is 1.87. The normalized spacial score (nSPS) is 8.80. The van der Waals surface area contributed by atoms with E-state index in [1.165, 1.54) is 7.11 Å². The van der Waals surface area contributed by atoms with Crippen LogP contribution in [-0.2, 0) is 4.74 Å². The number of nitrogens with zero attached hydrogens (tertiary/aromatic N) is 1. The molecular formula is C8H9NO. The SMILES string of the molecule is C=C(C#N)/C=C\C(=C)OC. The van der Waals surface area contributed by atoms with E-state index in [-0.39, 0.29) is 0 Å². The van der Waals surface area contributed by atoms with Gasteiger partial charge in [0.1, 0.15) is 5.76 Å². The molecule has 0 radical (unpaired) electrons. The molecule has 0 N–H and O–H groups in total. The van der Waals surface area contributed by atoms with E-state index < -0.39 is 0 Å². The summed E-state index contributed by atoms with van der Waals surface area (Å²) in [4.78, 5) is 0. The van der Waals surface area contributed by atoms with Gasteiger partial charge in [0.15, 0.2) is 0 Å². The molecule has 0 aliphatic heterocycles. The Balaban J connectivity index is 3.91. The van der Waals surface area contributed by atoms with Gasteiger partial charge in [-0.15, -0.1) is 0 Å². The van der Waals surface area contributed by atoms with E-state index in [0.717, 1.165) is 0 Å². The molecule has 0 atom stereocenters. The van der Waals surface area contributed by atoms with Crippen LogP contribution < -0.4 is 0 Å². The average Bonchev–Trinajstić information content (AvgIpc) is 1.99. The summed E-state index contributed by atoms with van der Waals surface area (Å²) < 4.78 is 4.71. The molecule has 0 bridgehead atoms. The summed E-state index contributed by atoms with van der Waals surface area (Å²) in [5, 5.41) is 8.25. The third-order valence-electron chi connectivity index (χ3n) is 0.876. The van der Waals surface area contributed by atoms with Gasteiger partial charge >= 0.3 is 0 Å². The summed E-state index contributed by atoms with van der Waals surface area (Å²) in [7, 11) is 1.52. The van der Waals surface area contributed by atoms with Gasteiger partial charge in [-0.3, -0.25) is 0 Å². The molecule has 0 saturated heterocycles. The van der Waals surface area contributed by atoms with Crippen LogP contribution in [0.3, 0.4) is 0 Å². The first-order valence-corrected chi connectivity index (χ1v) is 2.70. The Kier molecular flexibility index (Phi) is 3.74. The van der Waals surface area contributed by atoms with E-state index in [0.29, 0.717) is 11.3 Å². The number of rotatable bonds is 3. The molecule has 52 valence electrons. The number of allylic oxidation sites excluding steroid dienone is 3. The molecule has 0 aromatic rings. The highest BCUT2D eigenvalue weighted by molar-refractivity contribution is 5.32. The van der Waals surface area contributed by atoms with E-state index in [4.69, 9.17) is 10.00 Å². The molecule has 0 aliphatic carbocycles. The van der Waals surface area contributed by atoms with Crippen molar-refractivity contribution in [1.29, 1.82) is 5.26 Å². The maximum Gasteiger partial charge on any atom is 0.111 e. The van der Waals surface area contributed by atoms with Crippen molar-refractivity contribution in [2.75, 3.05) is 7.11 Å². The topological polar surface area (TPSA) is 33.0 Å². The van der Waals surface area contributed by atoms with Crippen LogP contribution in [0.25, 0.3) is 0 Å². The van der Waals surface area contributed by atoms with Crippen LogP contribution in [-0.4, -0.2) is 7.11 Å². The smallest absolute Gasteiger partial charge is 0.111 e. The monoisotopic (exact) mass is 135 g/mol. The Hall–Kier alpha value is -1.49. The lowest BCUT2D eigenvalue weighted by Crippen LogP contribution is -1.77. The van der Waals surface area contributed by atoms with Crippen molar-refractivity contribution in [2.24, 2.45) is 0 Å². The largest absolute Gasteiger partial charge is 0.497 e. The minimum Gasteiger partial charge on any atom is -0.497 e. The molecule has 10 heavy (non-hydrogen) atoms. The molecule has 0 amide bonds. The lowest BCUT2D eigenvalue weighted by atomic mass is 10.3. The highest BCUT2D eigenvalue weighted by Crippen LogP contribution is 1.96. The van der Waals surface area contributed by atoms with Crippen molar-refractivity contribution < 1.29 is 4.74 Å². The van der Waals surface area contributed by atoms with Crippen molar-refractivity contribution in [1.82, 2.24) is 0 Å². The van der Waals surface area contributed by atoms with Crippen LogP contribution in [0, 0.1) is 11.3 Å². The first kappa shape index (κ1) is 8.51. The molecule has 0 rings (SSSR count). The van der Waals surface area contributed by atoms with Crippen molar-refractivity contribution in [3.05, 3.63) is 36.6 Å². The van der Waals surface area contributed by atoms with Crippen molar-refractivity contribution in [3.8, 4) is 6.07 Å². The minimum atomic E-state index is 0.387. The van der Waals surface area contributed by atoms with Gasteiger partial charge in [-0.1, -0.05) is 13.2 Å². The van der Waals surface area contributed by atoms with Crippen LogP contribution in [0.4, 0.5) is 0 Å². The van der Waals surface area contributed by atoms with E-state index in [2.05, 4.69) is 13.2 Å². The lowest BCUT2D eigenvalue weighted by molar-refractivity contribution is 0.309. The first-order chi connectivity index (χ1) is 4.70. The fraction of sp³-hybridized carbons (Fsp3) is 0.125. The molecule has 0 spiro atoms. The second-order valence-corrected chi connectivity index (χ2v) is 1.64. The Bertz CT molecular complexity index is 208. The molecule has 0 saturated carbocycles. The molecular weight excluding hydrogens is 126 g/mol. The second kappa shape index (κ2) is 4.39. The number of ether oxygens (including phenoxy) is 1.